The SMILES string of the molecule is CCN=C(NC1CC1c1c(F)cccc1Cl)N(C)CCC1CCOCC1. The van der Waals surface area contributed by atoms with Crippen molar-refractivity contribution in [2.45, 2.75) is 44.6 Å². The molecular weight excluding hydrogens is 353 g/mol. The third-order valence-electron chi connectivity index (χ3n) is 5.36. The van der Waals surface area contributed by atoms with Crippen molar-refractivity contribution >= 4 is 17.6 Å². The summed E-state index contributed by atoms with van der Waals surface area (Å²) < 4.78 is 19.6. The molecule has 3 rings (SSSR count). The molecule has 0 aromatic heterocycles. The first-order chi connectivity index (χ1) is 12.6. The van der Waals surface area contributed by atoms with Crippen molar-refractivity contribution in [2.24, 2.45) is 10.9 Å². The number of ether oxygens (including phenoxy) is 1. The van der Waals surface area contributed by atoms with E-state index in [2.05, 4.69) is 22.3 Å². The van der Waals surface area contributed by atoms with Crippen LogP contribution in [0.3, 0.4) is 0 Å². The summed E-state index contributed by atoms with van der Waals surface area (Å²) in [5.41, 5.74) is 0.632. The quantitative estimate of drug-likeness (QED) is 0.596. The summed E-state index contributed by atoms with van der Waals surface area (Å²) >= 11 is 6.21. The molecule has 0 bridgehead atoms. The van der Waals surface area contributed by atoms with E-state index in [0.717, 1.165) is 63.9 Å². The second kappa shape index (κ2) is 9.05. The van der Waals surface area contributed by atoms with Crippen LogP contribution in [0.25, 0.3) is 0 Å². The van der Waals surface area contributed by atoms with Crippen molar-refractivity contribution in [3.63, 3.8) is 0 Å². The van der Waals surface area contributed by atoms with Crippen molar-refractivity contribution in [2.75, 3.05) is 33.4 Å². The molecule has 144 valence electrons. The molecule has 1 N–H and O–H groups in total. The van der Waals surface area contributed by atoms with Gasteiger partial charge in [-0.15, -0.1) is 0 Å². The van der Waals surface area contributed by atoms with Gasteiger partial charge < -0.3 is 15.0 Å². The Bertz CT molecular complexity index is 613. The maximum absolute atomic E-state index is 14.1. The lowest BCUT2D eigenvalue weighted by Crippen LogP contribution is -2.41. The molecule has 0 radical (unpaired) electrons. The number of benzene rings is 1. The zero-order chi connectivity index (χ0) is 18.5. The molecule has 2 unspecified atom stereocenters. The molecule has 1 saturated carbocycles. The fourth-order valence-corrected chi connectivity index (χ4v) is 3.95. The molecule has 4 nitrogen and oxygen atoms in total. The van der Waals surface area contributed by atoms with Gasteiger partial charge in [-0.1, -0.05) is 17.7 Å². The van der Waals surface area contributed by atoms with E-state index < -0.39 is 0 Å². The van der Waals surface area contributed by atoms with E-state index in [1.54, 1.807) is 12.1 Å². The van der Waals surface area contributed by atoms with Gasteiger partial charge in [0.1, 0.15) is 5.82 Å². The maximum Gasteiger partial charge on any atom is 0.193 e. The van der Waals surface area contributed by atoms with E-state index in [0.29, 0.717) is 10.6 Å². The fourth-order valence-electron chi connectivity index (χ4n) is 3.65. The third-order valence-corrected chi connectivity index (χ3v) is 5.69. The second-order valence-electron chi connectivity index (χ2n) is 7.29. The minimum atomic E-state index is -0.214. The van der Waals surface area contributed by atoms with Crippen LogP contribution in [-0.4, -0.2) is 50.3 Å². The van der Waals surface area contributed by atoms with E-state index in [4.69, 9.17) is 16.3 Å². The molecule has 0 amide bonds. The van der Waals surface area contributed by atoms with Crippen molar-refractivity contribution in [3.8, 4) is 0 Å². The van der Waals surface area contributed by atoms with Crippen molar-refractivity contribution in [1.29, 1.82) is 0 Å². The Labute approximate surface area is 160 Å². The van der Waals surface area contributed by atoms with E-state index in [1.165, 1.54) is 6.07 Å². The van der Waals surface area contributed by atoms with Crippen LogP contribution in [0, 0.1) is 11.7 Å². The lowest BCUT2D eigenvalue weighted by atomic mass is 9.96. The number of nitrogens with zero attached hydrogens (tertiary/aromatic N) is 2. The normalized spacial score (nSPS) is 23.8. The average Bonchev–Trinajstić information content (AvgIpc) is 3.39. The Morgan fingerprint density at radius 1 is 1.38 bits per heavy atom. The zero-order valence-corrected chi connectivity index (χ0v) is 16.4. The molecule has 1 aromatic rings. The van der Waals surface area contributed by atoms with Gasteiger partial charge in [-0.05, 0) is 50.7 Å². The largest absolute Gasteiger partial charge is 0.381 e. The summed E-state index contributed by atoms with van der Waals surface area (Å²) in [5.74, 6) is 1.54. The van der Waals surface area contributed by atoms with Crippen LogP contribution in [-0.2, 0) is 4.74 Å². The van der Waals surface area contributed by atoms with Crippen LogP contribution in [0.2, 0.25) is 5.02 Å². The number of rotatable bonds is 6. The molecule has 1 aromatic carbocycles. The average molecular weight is 382 g/mol. The van der Waals surface area contributed by atoms with Gasteiger partial charge in [-0.2, -0.15) is 0 Å². The topological polar surface area (TPSA) is 36.9 Å². The van der Waals surface area contributed by atoms with E-state index in [1.807, 2.05) is 6.92 Å². The number of hydrogen-bond donors (Lipinski definition) is 1. The van der Waals surface area contributed by atoms with Crippen LogP contribution < -0.4 is 5.32 Å². The predicted molar refractivity (Wildman–Crippen MR) is 104 cm³/mol. The summed E-state index contributed by atoms with van der Waals surface area (Å²) in [5, 5.41) is 4.02. The Morgan fingerprint density at radius 3 is 2.85 bits per heavy atom. The van der Waals surface area contributed by atoms with E-state index in [-0.39, 0.29) is 17.8 Å². The molecular formula is C20H29ClFN3O. The van der Waals surface area contributed by atoms with Gasteiger partial charge in [0.15, 0.2) is 5.96 Å². The second-order valence-corrected chi connectivity index (χ2v) is 7.70. The van der Waals surface area contributed by atoms with Crippen molar-refractivity contribution < 1.29 is 9.13 Å². The third kappa shape index (κ3) is 4.89. The molecule has 2 aliphatic rings. The molecule has 1 heterocycles. The molecule has 0 spiro atoms. The highest BCUT2D eigenvalue weighted by molar-refractivity contribution is 6.31. The highest BCUT2D eigenvalue weighted by atomic mass is 35.5. The Hall–Kier alpha value is -1.33. The van der Waals surface area contributed by atoms with Crippen LogP contribution >= 0.6 is 11.6 Å². The smallest absolute Gasteiger partial charge is 0.193 e. The lowest BCUT2D eigenvalue weighted by molar-refractivity contribution is 0.0625. The monoisotopic (exact) mass is 381 g/mol. The summed E-state index contributed by atoms with van der Waals surface area (Å²) in [6, 6.07) is 5.09. The first kappa shape index (κ1) is 19.4. The van der Waals surface area contributed by atoms with Crippen LogP contribution in [0.1, 0.15) is 44.1 Å². The van der Waals surface area contributed by atoms with Gasteiger partial charge in [-0.3, -0.25) is 4.99 Å². The number of aliphatic imine (C=N–C) groups is 1. The standard InChI is InChI=1S/C20H29ClFN3O/c1-3-23-20(25(2)10-7-14-8-11-26-12-9-14)24-18-13-15(18)19-16(21)5-4-6-17(19)22/h4-6,14-15,18H,3,7-13H2,1-2H3,(H,23,24). The Balaban J connectivity index is 1.55. The van der Waals surface area contributed by atoms with Crippen molar-refractivity contribution in [1.82, 2.24) is 10.2 Å². The zero-order valence-electron chi connectivity index (χ0n) is 15.7. The van der Waals surface area contributed by atoms with Gasteiger partial charge in [0.05, 0.1) is 0 Å². The number of nitrogens with one attached hydrogen (secondary N) is 1. The molecule has 1 aliphatic heterocycles. The molecule has 26 heavy (non-hydrogen) atoms. The van der Waals surface area contributed by atoms with E-state index in [9.17, 15) is 4.39 Å². The minimum absolute atomic E-state index is 0.120. The van der Waals surface area contributed by atoms with Crippen LogP contribution in [0.4, 0.5) is 4.39 Å². The summed E-state index contributed by atoms with van der Waals surface area (Å²) in [7, 11) is 2.08. The predicted octanol–water partition coefficient (Wildman–Crippen LogP) is 4.05. The molecule has 1 aliphatic carbocycles. The summed E-state index contributed by atoms with van der Waals surface area (Å²) in [4.78, 5) is 6.81. The highest BCUT2D eigenvalue weighted by Gasteiger charge is 2.42. The molecule has 6 heteroatoms. The molecule has 2 atom stereocenters. The minimum Gasteiger partial charge on any atom is -0.381 e. The number of hydrogen-bond acceptors (Lipinski definition) is 2. The maximum atomic E-state index is 14.1. The Morgan fingerprint density at radius 2 is 2.15 bits per heavy atom. The van der Waals surface area contributed by atoms with Crippen LogP contribution in [0.5, 0.6) is 0 Å². The highest BCUT2D eigenvalue weighted by Crippen LogP contribution is 2.44. The number of guanidine groups is 1. The van der Waals surface area contributed by atoms with Gasteiger partial charge in [0, 0.05) is 55.9 Å². The van der Waals surface area contributed by atoms with Gasteiger partial charge in [0.25, 0.3) is 0 Å². The van der Waals surface area contributed by atoms with Crippen molar-refractivity contribution in [3.05, 3.63) is 34.6 Å². The lowest BCUT2D eigenvalue weighted by Gasteiger charge is -2.27. The molecule has 1 saturated heterocycles. The fraction of sp³-hybridized carbons (Fsp3) is 0.650. The van der Waals surface area contributed by atoms with Crippen LogP contribution in [0.15, 0.2) is 23.2 Å². The van der Waals surface area contributed by atoms with Gasteiger partial charge in [-0.25, -0.2) is 4.39 Å². The summed E-state index contributed by atoms with van der Waals surface area (Å²) in [6.45, 7) is 5.49. The number of halogens is 2. The van der Waals surface area contributed by atoms with Gasteiger partial charge >= 0.3 is 0 Å². The molecule has 2 fully saturated rings. The summed E-state index contributed by atoms with van der Waals surface area (Å²) in [6.07, 6.45) is 4.34. The van der Waals surface area contributed by atoms with E-state index >= 15 is 0 Å². The first-order valence-corrected chi connectivity index (χ1v) is 10.0. The Kier molecular flexibility index (Phi) is 6.76. The first-order valence-electron chi connectivity index (χ1n) is 9.64. The van der Waals surface area contributed by atoms with Gasteiger partial charge in [0.2, 0.25) is 0 Å².